The van der Waals surface area contributed by atoms with E-state index >= 15 is 0 Å². The van der Waals surface area contributed by atoms with Crippen LogP contribution in [0.15, 0.2) is 36.8 Å². The Hall–Kier alpha value is -2.54. The second kappa shape index (κ2) is 7.15. The van der Waals surface area contributed by atoms with Crippen molar-refractivity contribution in [3.8, 4) is 5.69 Å². The zero-order chi connectivity index (χ0) is 16.1. The number of aromatic nitrogens is 4. The number of nitrogens with zero attached hydrogens (tertiary/aromatic N) is 4. The molecule has 23 heavy (non-hydrogen) atoms. The molecule has 0 bridgehead atoms. The second-order valence-corrected chi connectivity index (χ2v) is 4.97. The van der Waals surface area contributed by atoms with Crippen LogP contribution in [0.3, 0.4) is 0 Å². The maximum atomic E-state index is 13.1. The van der Waals surface area contributed by atoms with Gasteiger partial charge in [0.25, 0.3) is 0 Å². The Morgan fingerprint density at radius 2 is 2.04 bits per heavy atom. The standard InChI is InChI=1S/C16H18FN5O/c1-2-23-9-3-8-18-15-14-10-21-22(16(14)20-11-19-15)13-6-4-12(17)5-7-13/h4-7,10-11H,2-3,8-9H2,1H3,(H,18,19,20). The van der Waals surface area contributed by atoms with Crippen LogP contribution in [-0.2, 0) is 4.74 Å². The largest absolute Gasteiger partial charge is 0.382 e. The Labute approximate surface area is 133 Å². The van der Waals surface area contributed by atoms with Crippen LogP contribution >= 0.6 is 0 Å². The molecule has 0 aliphatic carbocycles. The summed E-state index contributed by atoms with van der Waals surface area (Å²) in [5, 5.41) is 8.44. The molecule has 0 saturated carbocycles. The van der Waals surface area contributed by atoms with Crippen molar-refractivity contribution in [2.45, 2.75) is 13.3 Å². The van der Waals surface area contributed by atoms with E-state index < -0.39 is 0 Å². The van der Waals surface area contributed by atoms with Gasteiger partial charge in [0.05, 0.1) is 17.3 Å². The van der Waals surface area contributed by atoms with Gasteiger partial charge in [0.15, 0.2) is 5.65 Å². The van der Waals surface area contributed by atoms with Gasteiger partial charge in [-0.25, -0.2) is 19.0 Å². The van der Waals surface area contributed by atoms with Crippen LogP contribution in [0.25, 0.3) is 16.7 Å². The fraction of sp³-hybridized carbons (Fsp3) is 0.312. The van der Waals surface area contributed by atoms with Gasteiger partial charge < -0.3 is 10.1 Å². The normalized spacial score (nSPS) is 11.0. The molecule has 3 rings (SSSR count). The third kappa shape index (κ3) is 3.45. The zero-order valence-corrected chi connectivity index (χ0v) is 12.9. The molecule has 0 atom stereocenters. The summed E-state index contributed by atoms with van der Waals surface area (Å²) in [5.41, 5.74) is 1.43. The number of ether oxygens (including phenoxy) is 1. The van der Waals surface area contributed by atoms with Crippen molar-refractivity contribution >= 4 is 16.9 Å². The minimum absolute atomic E-state index is 0.281. The summed E-state index contributed by atoms with van der Waals surface area (Å²) < 4.78 is 20.0. The van der Waals surface area contributed by atoms with Crippen LogP contribution in [0.2, 0.25) is 0 Å². The molecule has 7 heteroatoms. The number of anilines is 1. The lowest BCUT2D eigenvalue weighted by molar-refractivity contribution is 0.147. The Kier molecular flexibility index (Phi) is 4.77. The van der Waals surface area contributed by atoms with E-state index in [1.54, 1.807) is 23.0 Å². The van der Waals surface area contributed by atoms with E-state index in [0.29, 0.717) is 12.3 Å². The Bertz CT molecular complexity index is 772. The number of rotatable bonds is 7. The maximum absolute atomic E-state index is 13.1. The van der Waals surface area contributed by atoms with Gasteiger partial charge in [-0.2, -0.15) is 5.10 Å². The van der Waals surface area contributed by atoms with Crippen molar-refractivity contribution in [2.24, 2.45) is 0 Å². The van der Waals surface area contributed by atoms with Gasteiger partial charge in [0.2, 0.25) is 0 Å². The van der Waals surface area contributed by atoms with E-state index in [2.05, 4.69) is 20.4 Å². The SMILES string of the molecule is CCOCCCNc1ncnc2c1cnn2-c1ccc(F)cc1. The molecule has 2 aromatic heterocycles. The molecule has 1 aromatic carbocycles. The van der Waals surface area contributed by atoms with Gasteiger partial charge in [-0.1, -0.05) is 0 Å². The summed E-state index contributed by atoms with van der Waals surface area (Å²) >= 11 is 0. The molecular formula is C16H18FN5O. The van der Waals surface area contributed by atoms with Crippen molar-refractivity contribution in [1.82, 2.24) is 19.7 Å². The van der Waals surface area contributed by atoms with E-state index in [1.807, 2.05) is 6.92 Å². The molecular weight excluding hydrogens is 297 g/mol. The van der Waals surface area contributed by atoms with Crippen molar-refractivity contribution in [1.29, 1.82) is 0 Å². The zero-order valence-electron chi connectivity index (χ0n) is 12.9. The predicted octanol–water partition coefficient (Wildman–Crippen LogP) is 2.79. The van der Waals surface area contributed by atoms with Gasteiger partial charge in [-0.15, -0.1) is 0 Å². The molecule has 0 fully saturated rings. The molecule has 6 nitrogen and oxygen atoms in total. The molecule has 0 radical (unpaired) electrons. The number of hydrogen-bond acceptors (Lipinski definition) is 5. The molecule has 0 spiro atoms. The van der Waals surface area contributed by atoms with E-state index in [-0.39, 0.29) is 5.82 Å². The van der Waals surface area contributed by atoms with Gasteiger partial charge >= 0.3 is 0 Å². The summed E-state index contributed by atoms with van der Waals surface area (Å²) in [6, 6.07) is 6.13. The minimum Gasteiger partial charge on any atom is -0.382 e. The lowest BCUT2D eigenvalue weighted by Crippen LogP contribution is -2.07. The van der Waals surface area contributed by atoms with Crippen LogP contribution in [0, 0.1) is 5.82 Å². The minimum atomic E-state index is -0.281. The number of benzene rings is 1. The number of halogens is 1. The highest BCUT2D eigenvalue weighted by molar-refractivity contribution is 5.87. The maximum Gasteiger partial charge on any atom is 0.168 e. The predicted molar refractivity (Wildman–Crippen MR) is 86.2 cm³/mol. The molecule has 0 saturated heterocycles. The summed E-state index contributed by atoms with van der Waals surface area (Å²) in [5.74, 6) is 0.455. The number of hydrogen-bond donors (Lipinski definition) is 1. The molecule has 1 N–H and O–H groups in total. The fourth-order valence-corrected chi connectivity index (χ4v) is 2.28. The van der Waals surface area contributed by atoms with Crippen LogP contribution in [-0.4, -0.2) is 39.5 Å². The van der Waals surface area contributed by atoms with Gasteiger partial charge in [0.1, 0.15) is 18.0 Å². The Balaban J connectivity index is 1.81. The first kappa shape index (κ1) is 15.4. The molecule has 0 amide bonds. The number of nitrogens with one attached hydrogen (secondary N) is 1. The quantitative estimate of drug-likeness (QED) is 0.679. The van der Waals surface area contributed by atoms with Crippen molar-refractivity contribution in [3.63, 3.8) is 0 Å². The molecule has 3 aromatic rings. The fourth-order valence-electron chi connectivity index (χ4n) is 2.28. The van der Waals surface area contributed by atoms with Gasteiger partial charge in [0, 0.05) is 19.8 Å². The molecule has 2 heterocycles. The highest BCUT2D eigenvalue weighted by Crippen LogP contribution is 2.21. The second-order valence-electron chi connectivity index (χ2n) is 4.97. The topological polar surface area (TPSA) is 64.9 Å². The van der Waals surface area contributed by atoms with E-state index in [0.717, 1.165) is 36.5 Å². The van der Waals surface area contributed by atoms with E-state index in [4.69, 9.17) is 4.74 Å². The van der Waals surface area contributed by atoms with E-state index in [9.17, 15) is 4.39 Å². The van der Waals surface area contributed by atoms with E-state index in [1.165, 1.54) is 18.5 Å². The monoisotopic (exact) mass is 315 g/mol. The smallest absolute Gasteiger partial charge is 0.168 e. The summed E-state index contributed by atoms with van der Waals surface area (Å²) in [4.78, 5) is 8.56. The lowest BCUT2D eigenvalue weighted by atomic mass is 10.3. The van der Waals surface area contributed by atoms with Crippen molar-refractivity contribution in [3.05, 3.63) is 42.6 Å². The van der Waals surface area contributed by atoms with Crippen molar-refractivity contribution < 1.29 is 9.13 Å². The molecule has 0 aliphatic heterocycles. The first-order valence-corrected chi connectivity index (χ1v) is 7.56. The third-order valence-electron chi connectivity index (χ3n) is 3.40. The van der Waals surface area contributed by atoms with Crippen LogP contribution in [0.4, 0.5) is 10.2 Å². The number of fused-ring (bicyclic) bond motifs is 1. The van der Waals surface area contributed by atoms with Crippen LogP contribution < -0.4 is 5.32 Å². The Morgan fingerprint density at radius 1 is 1.22 bits per heavy atom. The van der Waals surface area contributed by atoms with Gasteiger partial charge in [-0.05, 0) is 37.6 Å². The molecule has 0 aliphatic rings. The first-order chi connectivity index (χ1) is 11.3. The average molecular weight is 315 g/mol. The Morgan fingerprint density at radius 3 is 2.83 bits per heavy atom. The first-order valence-electron chi connectivity index (χ1n) is 7.56. The lowest BCUT2D eigenvalue weighted by Gasteiger charge is -2.07. The molecule has 120 valence electrons. The van der Waals surface area contributed by atoms with Crippen LogP contribution in [0.1, 0.15) is 13.3 Å². The van der Waals surface area contributed by atoms with Crippen molar-refractivity contribution in [2.75, 3.05) is 25.1 Å². The summed E-state index contributed by atoms with van der Waals surface area (Å²) in [7, 11) is 0. The third-order valence-corrected chi connectivity index (χ3v) is 3.40. The van der Waals surface area contributed by atoms with Crippen LogP contribution in [0.5, 0.6) is 0 Å². The average Bonchev–Trinajstić information content (AvgIpc) is 3.00. The highest BCUT2D eigenvalue weighted by atomic mass is 19.1. The summed E-state index contributed by atoms with van der Waals surface area (Å²) in [6.45, 7) is 4.17. The molecule has 0 unspecified atom stereocenters. The summed E-state index contributed by atoms with van der Waals surface area (Å²) in [6.07, 6.45) is 4.10. The van der Waals surface area contributed by atoms with Gasteiger partial charge in [-0.3, -0.25) is 0 Å². The highest BCUT2D eigenvalue weighted by Gasteiger charge is 2.10.